The molecule has 0 bridgehead atoms. The first-order chi connectivity index (χ1) is 17.9. The highest BCUT2D eigenvalue weighted by Gasteiger charge is 2.28. The number of hydrogen-bond acceptors (Lipinski definition) is 7. The van der Waals surface area contributed by atoms with Crippen LogP contribution in [-0.2, 0) is 9.59 Å². The maximum Gasteiger partial charge on any atom is 0.262 e. The molecule has 1 unspecified atom stereocenters. The third-order valence-corrected chi connectivity index (χ3v) is 6.76. The van der Waals surface area contributed by atoms with E-state index in [0.717, 1.165) is 5.56 Å². The number of thioether (sulfide) groups is 1. The van der Waals surface area contributed by atoms with Gasteiger partial charge < -0.3 is 30.2 Å². The lowest BCUT2D eigenvalue weighted by Crippen LogP contribution is -2.31. The van der Waals surface area contributed by atoms with E-state index in [9.17, 15) is 9.59 Å². The molecule has 1 atom stereocenters. The second kappa shape index (κ2) is 12.1. The van der Waals surface area contributed by atoms with E-state index in [1.165, 1.54) is 18.9 Å². The number of para-hydroxylation sites is 1. The fraction of sp³-hybridized carbons (Fsp3) is 0.154. The van der Waals surface area contributed by atoms with Crippen molar-refractivity contribution >= 4 is 64.2 Å². The summed E-state index contributed by atoms with van der Waals surface area (Å²) in [7, 11) is 3.06. The lowest BCUT2D eigenvalue weighted by Gasteiger charge is -2.15. The number of nitrogens with one attached hydrogen (secondary N) is 3. The lowest BCUT2D eigenvalue weighted by molar-refractivity contribution is -0.118. The van der Waals surface area contributed by atoms with Crippen LogP contribution in [0.4, 0.5) is 11.4 Å². The number of rotatable bonds is 9. The van der Waals surface area contributed by atoms with Crippen LogP contribution in [0.1, 0.15) is 5.56 Å². The smallest absolute Gasteiger partial charge is 0.262 e. The zero-order chi connectivity index (χ0) is 26.4. The fourth-order valence-corrected chi connectivity index (χ4v) is 4.77. The van der Waals surface area contributed by atoms with E-state index in [1.807, 2.05) is 0 Å². The van der Waals surface area contributed by atoms with Crippen LogP contribution in [0.2, 0.25) is 10.0 Å². The summed E-state index contributed by atoms with van der Waals surface area (Å²) in [5.74, 6) is 0.823. The maximum absolute atomic E-state index is 12.6. The molecule has 1 aliphatic rings. The lowest BCUT2D eigenvalue weighted by atomic mass is 10.2. The Kier molecular flexibility index (Phi) is 8.70. The van der Waals surface area contributed by atoms with Gasteiger partial charge in [0, 0.05) is 5.02 Å². The fourth-order valence-electron chi connectivity index (χ4n) is 3.44. The van der Waals surface area contributed by atoms with Gasteiger partial charge in [0.15, 0.2) is 23.6 Å². The van der Waals surface area contributed by atoms with Gasteiger partial charge >= 0.3 is 0 Å². The third kappa shape index (κ3) is 6.82. The number of amides is 2. The molecule has 1 saturated heterocycles. The van der Waals surface area contributed by atoms with Crippen molar-refractivity contribution in [3.05, 3.63) is 81.2 Å². The van der Waals surface area contributed by atoms with E-state index >= 15 is 0 Å². The minimum Gasteiger partial charge on any atom is -0.495 e. The molecule has 0 radical (unpaired) electrons. The summed E-state index contributed by atoms with van der Waals surface area (Å²) in [6.45, 7) is -0.236. The molecule has 3 N–H and O–H groups in total. The Morgan fingerprint density at radius 3 is 2.51 bits per heavy atom. The first-order valence-corrected chi connectivity index (χ1v) is 12.6. The van der Waals surface area contributed by atoms with Crippen molar-refractivity contribution in [2.75, 3.05) is 31.5 Å². The summed E-state index contributed by atoms with van der Waals surface area (Å²) < 4.78 is 16.4. The number of ether oxygens (including phenoxy) is 3. The first kappa shape index (κ1) is 26.5. The van der Waals surface area contributed by atoms with E-state index in [-0.39, 0.29) is 18.4 Å². The molecule has 4 rings (SSSR count). The largest absolute Gasteiger partial charge is 0.495 e. The van der Waals surface area contributed by atoms with Crippen molar-refractivity contribution < 1.29 is 23.8 Å². The molecule has 0 saturated carbocycles. The zero-order valence-corrected chi connectivity index (χ0v) is 22.2. The molecule has 37 heavy (non-hydrogen) atoms. The Morgan fingerprint density at radius 2 is 1.76 bits per heavy atom. The number of anilines is 2. The Labute approximate surface area is 228 Å². The van der Waals surface area contributed by atoms with Crippen LogP contribution in [-0.4, -0.2) is 38.1 Å². The van der Waals surface area contributed by atoms with Crippen molar-refractivity contribution in [3.63, 3.8) is 0 Å². The molecular formula is C26H23Cl2N3O5S. The van der Waals surface area contributed by atoms with Gasteiger partial charge in [-0.1, -0.05) is 53.2 Å². The maximum atomic E-state index is 12.6. The van der Waals surface area contributed by atoms with E-state index in [2.05, 4.69) is 16.0 Å². The number of methoxy groups -OCH3 is 2. The zero-order valence-electron chi connectivity index (χ0n) is 19.8. The average molecular weight is 560 g/mol. The number of carbonyl (C=O) groups excluding carboxylic acids is 2. The summed E-state index contributed by atoms with van der Waals surface area (Å²) in [4.78, 5) is 25.4. The second-order valence-electron chi connectivity index (χ2n) is 7.70. The molecule has 0 aromatic heterocycles. The van der Waals surface area contributed by atoms with Crippen LogP contribution < -0.4 is 30.2 Å². The predicted molar refractivity (Wildman–Crippen MR) is 148 cm³/mol. The minimum absolute atomic E-state index is 0.223. The van der Waals surface area contributed by atoms with Gasteiger partial charge in [-0.25, -0.2) is 0 Å². The third-order valence-electron chi connectivity index (χ3n) is 5.17. The summed E-state index contributed by atoms with van der Waals surface area (Å²) in [5, 5.41) is 9.77. The van der Waals surface area contributed by atoms with Crippen molar-refractivity contribution in [1.29, 1.82) is 0 Å². The normalized spacial score (nSPS) is 15.7. The highest BCUT2D eigenvalue weighted by molar-refractivity contribution is 8.05. The van der Waals surface area contributed by atoms with E-state index in [0.29, 0.717) is 43.6 Å². The minimum atomic E-state index is -0.410. The average Bonchev–Trinajstić information content (AvgIpc) is 3.22. The quantitative estimate of drug-likeness (QED) is 0.292. The summed E-state index contributed by atoms with van der Waals surface area (Å²) >= 11 is 13.5. The standard InChI is InChI=1S/C26H23Cl2N3O5S/c1-34-20-10-8-16(27)13-19(20)30-26-31-25(33)23(37-26)12-15-7-9-21(22(11-15)35-2)36-14-24(32)29-18-6-4-3-5-17(18)28/h3-13,26,30H,14H2,1-2H3,(H,29,32)(H,31,33)/b23-12-. The summed E-state index contributed by atoms with van der Waals surface area (Å²) in [5.41, 5.74) is 1.48. The van der Waals surface area contributed by atoms with Gasteiger partial charge in [0.05, 0.1) is 35.5 Å². The molecule has 0 aliphatic carbocycles. The molecule has 2 amide bonds. The Bertz CT molecular complexity index is 1350. The van der Waals surface area contributed by atoms with Gasteiger partial charge in [-0.05, 0) is 54.1 Å². The van der Waals surface area contributed by atoms with Crippen molar-refractivity contribution in [2.45, 2.75) is 5.50 Å². The number of hydrogen-bond donors (Lipinski definition) is 3. The van der Waals surface area contributed by atoms with Gasteiger partial charge in [-0.15, -0.1) is 0 Å². The van der Waals surface area contributed by atoms with Crippen molar-refractivity contribution in [3.8, 4) is 17.2 Å². The highest BCUT2D eigenvalue weighted by atomic mass is 35.5. The molecule has 1 heterocycles. The first-order valence-electron chi connectivity index (χ1n) is 11.0. The summed E-state index contributed by atoms with van der Waals surface area (Å²) in [6.07, 6.45) is 1.74. The van der Waals surface area contributed by atoms with Crippen LogP contribution in [0.25, 0.3) is 6.08 Å². The molecule has 11 heteroatoms. The van der Waals surface area contributed by atoms with Gasteiger partial charge in [0.25, 0.3) is 11.8 Å². The predicted octanol–water partition coefficient (Wildman–Crippen LogP) is 5.63. The van der Waals surface area contributed by atoms with Crippen LogP contribution in [0, 0.1) is 0 Å². The van der Waals surface area contributed by atoms with Gasteiger partial charge in [0.1, 0.15) is 5.75 Å². The van der Waals surface area contributed by atoms with Crippen molar-refractivity contribution in [2.24, 2.45) is 0 Å². The monoisotopic (exact) mass is 559 g/mol. The second-order valence-corrected chi connectivity index (χ2v) is 9.69. The van der Waals surface area contributed by atoms with E-state index < -0.39 is 5.50 Å². The van der Waals surface area contributed by atoms with Crippen LogP contribution in [0.3, 0.4) is 0 Å². The van der Waals surface area contributed by atoms with Crippen LogP contribution in [0.15, 0.2) is 65.6 Å². The summed E-state index contributed by atoms with van der Waals surface area (Å²) in [6, 6.07) is 17.3. The van der Waals surface area contributed by atoms with E-state index in [1.54, 1.807) is 73.8 Å². The Balaban J connectivity index is 1.40. The van der Waals surface area contributed by atoms with Gasteiger partial charge in [-0.2, -0.15) is 0 Å². The van der Waals surface area contributed by atoms with Gasteiger partial charge in [-0.3, -0.25) is 9.59 Å². The Morgan fingerprint density at radius 1 is 1.00 bits per heavy atom. The van der Waals surface area contributed by atoms with Crippen LogP contribution >= 0.6 is 35.0 Å². The van der Waals surface area contributed by atoms with Gasteiger partial charge in [0.2, 0.25) is 0 Å². The molecule has 1 aliphatic heterocycles. The number of carbonyl (C=O) groups is 2. The number of benzene rings is 3. The SMILES string of the molecule is COc1ccc(Cl)cc1NC1NC(=O)/C(=C/c2ccc(OCC(=O)Nc3ccccc3Cl)c(OC)c2)S1. The number of halogens is 2. The molecule has 8 nitrogen and oxygen atoms in total. The topological polar surface area (TPSA) is 97.9 Å². The molecule has 3 aromatic carbocycles. The van der Waals surface area contributed by atoms with E-state index in [4.69, 9.17) is 37.4 Å². The van der Waals surface area contributed by atoms with Crippen LogP contribution in [0.5, 0.6) is 17.2 Å². The molecule has 3 aromatic rings. The van der Waals surface area contributed by atoms with Crippen molar-refractivity contribution in [1.82, 2.24) is 5.32 Å². The Hall–Kier alpha value is -3.53. The molecular weight excluding hydrogens is 537 g/mol. The molecule has 192 valence electrons. The molecule has 0 spiro atoms. The highest BCUT2D eigenvalue weighted by Crippen LogP contribution is 2.35. The molecule has 1 fully saturated rings.